The minimum atomic E-state index is -2.29. The summed E-state index contributed by atoms with van der Waals surface area (Å²) in [5.74, 6) is -6.72. The average molecular weight is 520 g/mol. The molecular formula is C24H24O13. The van der Waals surface area contributed by atoms with Gasteiger partial charge in [-0.15, -0.1) is 0 Å². The molecule has 2 aromatic rings. The van der Waals surface area contributed by atoms with Crippen LogP contribution in [-0.2, 0) is 23.8 Å². The van der Waals surface area contributed by atoms with Crippen LogP contribution in [0.15, 0.2) is 36.4 Å². The number of aliphatic hydroxyl groups excluding tert-OH is 1. The van der Waals surface area contributed by atoms with Crippen molar-refractivity contribution in [2.24, 2.45) is 0 Å². The van der Waals surface area contributed by atoms with Crippen LogP contribution in [0, 0.1) is 0 Å². The van der Waals surface area contributed by atoms with Gasteiger partial charge in [-0.3, -0.25) is 0 Å². The summed E-state index contributed by atoms with van der Waals surface area (Å²) in [4.78, 5) is 37.2. The number of carbonyl (C=O) groups is 3. The maximum atomic E-state index is 12.6. The molecule has 0 bridgehead atoms. The van der Waals surface area contributed by atoms with Crippen molar-refractivity contribution in [2.75, 3.05) is 7.11 Å². The van der Waals surface area contributed by atoms with Crippen molar-refractivity contribution in [3.63, 3.8) is 0 Å². The number of phenols is 5. The topological polar surface area (TPSA) is 221 Å². The Labute approximate surface area is 209 Å². The first-order valence-corrected chi connectivity index (χ1v) is 10.7. The molecule has 0 radical (unpaired) electrons. The lowest BCUT2D eigenvalue weighted by atomic mass is 9.79. The van der Waals surface area contributed by atoms with Crippen molar-refractivity contribution in [3.8, 4) is 28.7 Å². The molecule has 0 heterocycles. The standard InChI is InChI=1S/C24H24O13/c1-35-23(33)24(34)9-17(29)21(37-22(32)12-7-15(27)20(31)16(28)8-12)18(10-24)36-19(30)5-3-11-2-4-13(25)14(26)6-11/h2-8,17-18,21,25-29,31,34H,9-10H2,1H3/t17-,18-,21-,24+/m1/s1. The lowest BCUT2D eigenvalue weighted by Crippen LogP contribution is -2.58. The number of esters is 3. The molecule has 1 aliphatic carbocycles. The Kier molecular flexibility index (Phi) is 7.79. The molecule has 0 aliphatic heterocycles. The first-order chi connectivity index (χ1) is 17.3. The van der Waals surface area contributed by atoms with Crippen LogP contribution in [-0.4, -0.2) is 84.7 Å². The number of aromatic hydroxyl groups is 5. The molecule has 3 rings (SSSR count). The van der Waals surface area contributed by atoms with Crippen LogP contribution in [0.3, 0.4) is 0 Å². The Hall–Kier alpha value is -4.49. The van der Waals surface area contributed by atoms with E-state index in [-0.39, 0.29) is 5.75 Å². The van der Waals surface area contributed by atoms with E-state index >= 15 is 0 Å². The zero-order chi connectivity index (χ0) is 27.5. The summed E-state index contributed by atoms with van der Waals surface area (Å²) in [7, 11) is 0.999. The molecule has 13 heteroatoms. The summed E-state index contributed by atoms with van der Waals surface area (Å²) < 4.78 is 15.1. The predicted octanol–water partition coefficient (Wildman–Crippen LogP) is 0.424. The maximum Gasteiger partial charge on any atom is 0.338 e. The van der Waals surface area contributed by atoms with Crippen LogP contribution < -0.4 is 0 Å². The van der Waals surface area contributed by atoms with E-state index in [1.54, 1.807) is 0 Å². The first-order valence-electron chi connectivity index (χ1n) is 10.7. The van der Waals surface area contributed by atoms with Crippen molar-refractivity contribution in [3.05, 3.63) is 47.5 Å². The number of benzene rings is 2. The summed E-state index contributed by atoms with van der Waals surface area (Å²) in [5.41, 5.74) is -2.41. The van der Waals surface area contributed by atoms with Gasteiger partial charge in [0.25, 0.3) is 0 Å². The molecule has 13 nitrogen and oxygen atoms in total. The van der Waals surface area contributed by atoms with Crippen LogP contribution in [0.25, 0.3) is 6.08 Å². The third kappa shape index (κ3) is 6.02. The highest BCUT2D eigenvalue weighted by atomic mass is 16.6. The zero-order valence-electron chi connectivity index (χ0n) is 19.3. The van der Waals surface area contributed by atoms with Crippen molar-refractivity contribution < 1.29 is 64.3 Å². The molecule has 1 saturated carbocycles. The fourth-order valence-electron chi connectivity index (χ4n) is 3.77. The molecule has 37 heavy (non-hydrogen) atoms. The fourth-order valence-corrected chi connectivity index (χ4v) is 3.77. The van der Waals surface area contributed by atoms with Gasteiger partial charge in [0, 0.05) is 18.9 Å². The Balaban J connectivity index is 1.84. The SMILES string of the molecule is COC(=O)[C@]1(O)C[C@@H](O)[C@@H](OC(=O)c2cc(O)c(O)c(O)c2)[C@H](OC(=O)C=Cc2ccc(O)c(O)c2)C1. The number of carbonyl (C=O) groups excluding carboxylic acids is 3. The number of aliphatic hydroxyl groups is 2. The van der Waals surface area contributed by atoms with Crippen LogP contribution in [0.1, 0.15) is 28.8 Å². The normalized spacial score (nSPS) is 23.4. The zero-order valence-corrected chi connectivity index (χ0v) is 19.3. The molecule has 0 amide bonds. The van der Waals surface area contributed by atoms with Gasteiger partial charge in [0.1, 0.15) is 6.10 Å². The second-order valence-electron chi connectivity index (χ2n) is 8.29. The lowest BCUT2D eigenvalue weighted by molar-refractivity contribution is -0.198. The number of hydrogen-bond acceptors (Lipinski definition) is 13. The van der Waals surface area contributed by atoms with Crippen molar-refractivity contribution in [1.29, 1.82) is 0 Å². The van der Waals surface area contributed by atoms with Crippen LogP contribution in [0.4, 0.5) is 0 Å². The molecule has 198 valence electrons. The minimum Gasteiger partial charge on any atom is -0.504 e. The van der Waals surface area contributed by atoms with Crippen LogP contribution >= 0.6 is 0 Å². The largest absolute Gasteiger partial charge is 0.504 e. The smallest absolute Gasteiger partial charge is 0.338 e. The third-order valence-electron chi connectivity index (χ3n) is 5.62. The maximum absolute atomic E-state index is 12.6. The van der Waals surface area contributed by atoms with E-state index < -0.39 is 83.2 Å². The minimum absolute atomic E-state index is 0.303. The van der Waals surface area contributed by atoms with Gasteiger partial charge in [0.05, 0.1) is 18.8 Å². The predicted molar refractivity (Wildman–Crippen MR) is 122 cm³/mol. The molecule has 4 atom stereocenters. The van der Waals surface area contributed by atoms with Crippen molar-refractivity contribution >= 4 is 24.0 Å². The highest BCUT2D eigenvalue weighted by Gasteiger charge is 2.53. The highest BCUT2D eigenvalue weighted by molar-refractivity contribution is 5.91. The van der Waals surface area contributed by atoms with Gasteiger partial charge < -0.3 is 50.0 Å². The van der Waals surface area contributed by atoms with Crippen LogP contribution in [0.5, 0.6) is 28.7 Å². The summed E-state index contributed by atoms with van der Waals surface area (Å²) in [6.07, 6.45) is -4.03. The number of methoxy groups -OCH3 is 1. The monoisotopic (exact) mass is 520 g/mol. The molecular weight excluding hydrogens is 496 g/mol. The second-order valence-corrected chi connectivity index (χ2v) is 8.29. The molecule has 0 aromatic heterocycles. The van der Waals surface area contributed by atoms with E-state index in [0.29, 0.717) is 5.56 Å². The van der Waals surface area contributed by atoms with Crippen LogP contribution in [0.2, 0.25) is 0 Å². The summed E-state index contributed by atoms with van der Waals surface area (Å²) in [5, 5.41) is 69.0. The second kappa shape index (κ2) is 10.6. The number of ether oxygens (including phenoxy) is 3. The van der Waals surface area contributed by atoms with Gasteiger partial charge in [-0.2, -0.15) is 0 Å². The third-order valence-corrected chi connectivity index (χ3v) is 5.62. The van der Waals surface area contributed by atoms with Crippen molar-refractivity contribution in [1.82, 2.24) is 0 Å². The molecule has 0 spiro atoms. The van der Waals surface area contributed by atoms with E-state index in [1.807, 2.05) is 0 Å². The van der Waals surface area contributed by atoms with Gasteiger partial charge in [-0.25, -0.2) is 14.4 Å². The lowest BCUT2D eigenvalue weighted by Gasteiger charge is -2.41. The quantitative estimate of drug-likeness (QED) is 0.119. The van der Waals surface area contributed by atoms with Gasteiger partial charge >= 0.3 is 17.9 Å². The summed E-state index contributed by atoms with van der Waals surface area (Å²) in [6, 6.07) is 5.30. The number of phenolic OH excluding ortho intramolecular Hbond substituents is 5. The molecule has 7 N–H and O–H groups in total. The van der Waals surface area contributed by atoms with E-state index in [1.165, 1.54) is 18.2 Å². The average Bonchev–Trinajstić information content (AvgIpc) is 2.84. The molecule has 2 aromatic carbocycles. The Bertz CT molecular complexity index is 1210. The highest BCUT2D eigenvalue weighted by Crippen LogP contribution is 2.37. The molecule has 0 unspecified atom stereocenters. The van der Waals surface area contributed by atoms with E-state index in [9.17, 15) is 50.1 Å². The molecule has 1 aliphatic rings. The van der Waals surface area contributed by atoms with Gasteiger partial charge in [0.2, 0.25) is 0 Å². The van der Waals surface area contributed by atoms with Crippen molar-refractivity contribution in [2.45, 2.75) is 36.8 Å². The number of hydrogen-bond donors (Lipinski definition) is 7. The van der Waals surface area contributed by atoms with E-state index in [4.69, 9.17) is 9.47 Å². The van der Waals surface area contributed by atoms with Gasteiger partial charge in [-0.1, -0.05) is 6.07 Å². The summed E-state index contributed by atoms with van der Waals surface area (Å²) >= 11 is 0. The molecule has 1 fully saturated rings. The van der Waals surface area contributed by atoms with Gasteiger partial charge in [0.15, 0.2) is 40.5 Å². The summed E-state index contributed by atoms with van der Waals surface area (Å²) in [6.45, 7) is 0. The Morgan fingerprint density at radius 2 is 1.57 bits per heavy atom. The Morgan fingerprint density at radius 3 is 2.16 bits per heavy atom. The van der Waals surface area contributed by atoms with E-state index in [0.717, 1.165) is 31.4 Å². The van der Waals surface area contributed by atoms with E-state index in [2.05, 4.69) is 4.74 Å². The first kappa shape index (κ1) is 27.1. The fraction of sp³-hybridized carbons (Fsp3) is 0.292. The molecule has 0 saturated heterocycles. The van der Waals surface area contributed by atoms with Gasteiger partial charge in [-0.05, 0) is 35.9 Å². The number of rotatable bonds is 6. The Morgan fingerprint density at radius 1 is 0.919 bits per heavy atom.